The van der Waals surface area contributed by atoms with E-state index in [0.717, 1.165) is 10.6 Å². The minimum absolute atomic E-state index is 0.0142. The topological polar surface area (TPSA) is 67.3 Å². The molecule has 2 heterocycles. The van der Waals surface area contributed by atoms with Gasteiger partial charge in [0.2, 0.25) is 5.78 Å². The van der Waals surface area contributed by atoms with E-state index >= 15 is 0 Å². The quantitative estimate of drug-likeness (QED) is 0.745. The Kier molecular flexibility index (Phi) is 3.80. The molecule has 0 spiro atoms. The Morgan fingerprint density at radius 2 is 1.64 bits per heavy atom. The molecule has 22 heavy (non-hydrogen) atoms. The standard InChI is InChI=1S/C17H11NO3S/c19-16(11-5-1-2-6-12(11)17(20)21)15-9-8-14(22-15)13-7-3-4-10-18-13/h1-10H,(H,20,21). The number of carboxylic acid groups (broad SMARTS) is 1. The fraction of sp³-hybridized carbons (Fsp3) is 0. The lowest BCUT2D eigenvalue weighted by Crippen LogP contribution is -2.08. The smallest absolute Gasteiger partial charge is 0.336 e. The highest BCUT2D eigenvalue weighted by Crippen LogP contribution is 2.28. The average Bonchev–Trinajstić information content (AvgIpc) is 3.05. The summed E-state index contributed by atoms with van der Waals surface area (Å²) in [6.07, 6.45) is 1.69. The van der Waals surface area contributed by atoms with Gasteiger partial charge in [-0.15, -0.1) is 11.3 Å². The van der Waals surface area contributed by atoms with Crippen LogP contribution in [0.2, 0.25) is 0 Å². The van der Waals surface area contributed by atoms with Gasteiger partial charge in [-0.2, -0.15) is 0 Å². The molecule has 108 valence electrons. The van der Waals surface area contributed by atoms with Crippen molar-refractivity contribution >= 4 is 23.1 Å². The van der Waals surface area contributed by atoms with Crippen LogP contribution < -0.4 is 0 Å². The summed E-state index contributed by atoms with van der Waals surface area (Å²) in [4.78, 5) is 29.4. The van der Waals surface area contributed by atoms with Crippen LogP contribution in [0.15, 0.2) is 60.8 Å². The predicted molar refractivity (Wildman–Crippen MR) is 84.4 cm³/mol. The fourth-order valence-electron chi connectivity index (χ4n) is 2.11. The summed E-state index contributed by atoms with van der Waals surface area (Å²) >= 11 is 1.30. The van der Waals surface area contributed by atoms with Crippen molar-refractivity contribution in [1.29, 1.82) is 0 Å². The van der Waals surface area contributed by atoms with Crippen LogP contribution in [-0.4, -0.2) is 21.8 Å². The van der Waals surface area contributed by atoms with Crippen LogP contribution in [0.4, 0.5) is 0 Å². The summed E-state index contributed by atoms with van der Waals surface area (Å²) in [5.74, 6) is -1.39. The van der Waals surface area contributed by atoms with E-state index in [1.54, 1.807) is 24.4 Å². The monoisotopic (exact) mass is 309 g/mol. The lowest BCUT2D eigenvalue weighted by atomic mass is 10.0. The second-order valence-corrected chi connectivity index (χ2v) is 5.64. The number of carbonyl (C=O) groups is 2. The van der Waals surface area contributed by atoms with E-state index in [4.69, 9.17) is 0 Å². The maximum absolute atomic E-state index is 12.5. The maximum atomic E-state index is 12.5. The van der Waals surface area contributed by atoms with Crippen molar-refractivity contribution in [1.82, 2.24) is 4.98 Å². The molecule has 0 amide bonds. The van der Waals surface area contributed by atoms with Gasteiger partial charge in [0.25, 0.3) is 0 Å². The number of nitrogens with zero attached hydrogens (tertiary/aromatic N) is 1. The molecular weight excluding hydrogens is 298 g/mol. The second kappa shape index (κ2) is 5.91. The van der Waals surface area contributed by atoms with E-state index in [1.807, 2.05) is 24.3 Å². The molecule has 3 aromatic rings. The Hall–Kier alpha value is -2.79. The van der Waals surface area contributed by atoms with E-state index in [2.05, 4.69) is 4.98 Å². The molecule has 0 unspecified atom stereocenters. The van der Waals surface area contributed by atoms with Gasteiger partial charge in [-0.3, -0.25) is 9.78 Å². The van der Waals surface area contributed by atoms with Crippen molar-refractivity contribution < 1.29 is 14.7 Å². The number of hydrogen-bond acceptors (Lipinski definition) is 4. The zero-order valence-corrected chi connectivity index (χ0v) is 12.2. The molecule has 5 heteroatoms. The summed E-state index contributed by atoms with van der Waals surface area (Å²) < 4.78 is 0. The van der Waals surface area contributed by atoms with Gasteiger partial charge in [0, 0.05) is 11.8 Å². The first kappa shape index (κ1) is 14.2. The number of benzene rings is 1. The van der Waals surface area contributed by atoms with Gasteiger partial charge in [0.1, 0.15) is 0 Å². The van der Waals surface area contributed by atoms with E-state index in [9.17, 15) is 14.7 Å². The van der Waals surface area contributed by atoms with Crippen molar-refractivity contribution in [3.63, 3.8) is 0 Å². The first-order valence-corrected chi connectivity index (χ1v) is 7.37. The first-order chi connectivity index (χ1) is 10.7. The molecule has 0 aliphatic rings. The number of aromatic carboxylic acids is 1. The van der Waals surface area contributed by atoms with Gasteiger partial charge < -0.3 is 5.11 Å². The van der Waals surface area contributed by atoms with Crippen molar-refractivity contribution in [2.45, 2.75) is 0 Å². The molecule has 2 aromatic heterocycles. The Morgan fingerprint density at radius 1 is 0.909 bits per heavy atom. The molecule has 0 saturated carbocycles. The SMILES string of the molecule is O=C(O)c1ccccc1C(=O)c1ccc(-c2ccccn2)s1. The molecule has 4 nitrogen and oxygen atoms in total. The maximum Gasteiger partial charge on any atom is 0.336 e. The van der Waals surface area contributed by atoms with E-state index in [0.29, 0.717) is 4.88 Å². The highest BCUT2D eigenvalue weighted by Gasteiger charge is 2.19. The van der Waals surface area contributed by atoms with Crippen LogP contribution in [-0.2, 0) is 0 Å². The number of pyridine rings is 1. The largest absolute Gasteiger partial charge is 0.478 e. The third-order valence-corrected chi connectivity index (χ3v) is 4.26. The lowest BCUT2D eigenvalue weighted by Gasteiger charge is -2.03. The van der Waals surface area contributed by atoms with Crippen molar-refractivity contribution in [2.24, 2.45) is 0 Å². The zero-order valence-electron chi connectivity index (χ0n) is 11.4. The van der Waals surface area contributed by atoms with Crippen LogP contribution in [0.25, 0.3) is 10.6 Å². The van der Waals surface area contributed by atoms with E-state index in [-0.39, 0.29) is 16.9 Å². The Bertz CT molecular complexity index is 840. The summed E-state index contributed by atoms with van der Waals surface area (Å²) in [6, 6.07) is 15.3. The summed E-state index contributed by atoms with van der Waals surface area (Å²) in [6.45, 7) is 0. The van der Waals surface area contributed by atoms with Crippen LogP contribution in [0.3, 0.4) is 0 Å². The Labute approximate surface area is 130 Å². The molecule has 0 atom stereocenters. The van der Waals surface area contributed by atoms with Gasteiger partial charge in [-0.05, 0) is 30.3 Å². The number of aromatic nitrogens is 1. The Balaban J connectivity index is 1.98. The van der Waals surface area contributed by atoms with Crippen LogP contribution in [0.5, 0.6) is 0 Å². The van der Waals surface area contributed by atoms with Gasteiger partial charge in [0.05, 0.1) is 21.0 Å². The molecule has 3 rings (SSSR count). The third kappa shape index (κ3) is 2.66. The predicted octanol–water partition coefficient (Wildman–Crippen LogP) is 3.74. The van der Waals surface area contributed by atoms with Gasteiger partial charge in [0.15, 0.2) is 0 Å². The first-order valence-electron chi connectivity index (χ1n) is 6.55. The van der Waals surface area contributed by atoms with Gasteiger partial charge in [-0.1, -0.05) is 24.3 Å². The molecule has 1 N–H and O–H groups in total. The molecule has 0 bridgehead atoms. The van der Waals surface area contributed by atoms with Gasteiger partial charge >= 0.3 is 5.97 Å². The molecule has 1 aromatic carbocycles. The zero-order chi connectivity index (χ0) is 15.5. The van der Waals surface area contributed by atoms with Crippen LogP contribution in [0.1, 0.15) is 25.6 Å². The minimum Gasteiger partial charge on any atom is -0.478 e. The number of hydrogen-bond donors (Lipinski definition) is 1. The molecule has 0 radical (unpaired) electrons. The molecular formula is C17H11NO3S. The fourth-order valence-corrected chi connectivity index (χ4v) is 3.04. The van der Waals surface area contributed by atoms with E-state index < -0.39 is 5.97 Å². The number of rotatable bonds is 4. The molecule has 0 fully saturated rings. The molecule has 0 aliphatic heterocycles. The summed E-state index contributed by atoms with van der Waals surface area (Å²) in [5, 5.41) is 9.19. The number of thiophene rings is 1. The average molecular weight is 309 g/mol. The minimum atomic E-state index is -1.11. The number of carboxylic acids is 1. The highest BCUT2D eigenvalue weighted by atomic mass is 32.1. The van der Waals surface area contributed by atoms with Crippen molar-refractivity contribution in [3.05, 3.63) is 76.8 Å². The summed E-state index contributed by atoms with van der Waals surface area (Å²) in [5.41, 5.74) is 1.00. The molecule has 0 saturated heterocycles. The van der Waals surface area contributed by atoms with E-state index in [1.165, 1.54) is 23.5 Å². The van der Waals surface area contributed by atoms with Crippen molar-refractivity contribution in [3.8, 4) is 10.6 Å². The normalized spacial score (nSPS) is 10.4. The lowest BCUT2D eigenvalue weighted by molar-refractivity contribution is 0.0693. The van der Waals surface area contributed by atoms with Crippen LogP contribution >= 0.6 is 11.3 Å². The summed E-state index contributed by atoms with van der Waals surface area (Å²) in [7, 11) is 0. The van der Waals surface area contributed by atoms with Crippen LogP contribution in [0, 0.1) is 0 Å². The second-order valence-electron chi connectivity index (χ2n) is 4.56. The van der Waals surface area contributed by atoms with Gasteiger partial charge in [-0.25, -0.2) is 4.79 Å². The third-order valence-electron chi connectivity index (χ3n) is 3.15. The number of ketones is 1. The molecule has 0 aliphatic carbocycles. The number of carbonyl (C=O) groups excluding carboxylic acids is 1. The highest BCUT2D eigenvalue weighted by molar-refractivity contribution is 7.17. The Morgan fingerprint density at radius 3 is 2.32 bits per heavy atom. The van der Waals surface area contributed by atoms with Crippen molar-refractivity contribution in [2.75, 3.05) is 0 Å².